The molecule has 1 aromatic carbocycles. The third-order valence-electron chi connectivity index (χ3n) is 2.39. The molecule has 0 spiro atoms. The van der Waals surface area contributed by atoms with Crippen LogP contribution in [0.5, 0.6) is 0 Å². The van der Waals surface area contributed by atoms with Crippen LogP contribution in [0.2, 0.25) is 0 Å². The van der Waals surface area contributed by atoms with Crippen molar-refractivity contribution in [3.63, 3.8) is 0 Å². The quantitative estimate of drug-likeness (QED) is 0.455. The number of carbonyl (C=O) groups is 2. The van der Waals surface area contributed by atoms with Gasteiger partial charge in [0.1, 0.15) is 0 Å². The first kappa shape index (κ1) is 13.2. The minimum Gasteiger partial charge on any atom is -0.466 e. The van der Waals surface area contributed by atoms with E-state index in [4.69, 9.17) is 0 Å². The van der Waals surface area contributed by atoms with Crippen LogP contribution < -0.4 is 0 Å². The summed E-state index contributed by atoms with van der Waals surface area (Å²) in [6.45, 7) is 3.70. The van der Waals surface area contributed by atoms with Crippen molar-refractivity contribution in [2.75, 3.05) is 7.11 Å². The van der Waals surface area contributed by atoms with E-state index in [1.54, 1.807) is 24.3 Å². The number of benzene rings is 1. The Morgan fingerprint density at radius 2 is 1.76 bits per heavy atom. The highest BCUT2D eigenvalue weighted by molar-refractivity contribution is 6.08. The molecule has 0 atom stereocenters. The number of hydrogen-bond donors (Lipinski definition) is 0. The molecular weight excluding hydrogens is 216 g/mol. The van der Waals surface area contributed by atoms with Gasteiger partial charge in [-0.15, -0.1) is 0 Å². The summed E-state index contributed by atoms with van der Waals surface area (Å²) >= 11 is 0. The van der Waals surface area contributed by atoms with Crippen LogP contribution in [0, 0.1) is 5.92 Å². The summed E-state index contributed by atoms with van der Waals surface area (Å²) in [5.74, 6) is -0.681. The van der Waals surface area contributed by atoms with Crippen LogP contribution in [0.25, 0.3) is 0 Å². The number of ether oxygens (including phenoxy) is 1. The molecule has 0 unspecified atom stereocenters. The van der Waals surface area contributed by atoms with E-state index in [0.717, 1.165) is 0 Å². The molecule has 0 heterocycles. The summed E-state index contributed by atoms with van der Waals surface area (Å²) in [5, 5.41) is 0. The van der Waals surface area contributed by atoms with E-state index < -0.39 is 5.97 Å². The van der Waals surface area contributed by atoms with Crippen molar-refractivity contribution in [1.82, 2.24) is 0 Å². The highest BCUT2D eigenvalue weighted by Crippen LogP contribution is 2.13. The Balaban J connectivity index is 3.00. The summed E-state index contributed by atoms with van der Waals surface area (Å²) in [4.78, 5) is 23.4. The van der Waals surface area contributed by atoms with Crippen LogP contribution in [-0.2, 0) is 9.53 Å². The maximum atomic E-state index is 11.9. The van der Waals surface area contributed by atoms with Crippen molar-refractivity contribution in [3.8, 4) is 0 Å². The second-order valence-corrected chi connectivity index (χ2v) is 3.98. The standard InChI is InChI=1S/C14H16O3/c1-10(2)12(14(16)17-3)9-13(15)11-7-5-4-6-8-11/h4-10H,1-3H3. The molecule has 0 saturated heterocycles. The average molecular weight is 232 g/mol. The van der Waals surface area contributed by atoms with Gasteiger partial charge in [-0.05, 0) is 12.0 Å². The van der Waals surface area contributed by atoms with Gasteiger partial charge in [0.2, 0.25) is 0 Å². The average Bonchev–Trinajstić information content (AvgIpc) is 2.35. The number of methoxy groups -OCH3 is 1. The molecule has 3 heteroatoms. The van der Waals surface area contributed by atoms with Crippen LogP contribution in [0.3, 0.4) is 0 Å². The summed E-state index contributed by atoms with van der Waals surface area (Å²) in [6, 6.07) is 8.84. The van der Waals surface area contributed by atoms with Gasteiger partial charge in [0.05, 0.1) is 7.11 Å². The first-order valence-corrected chi connectivity index (χ1v) is 5.45. The maximum absolute atomic E-state index is 11.9. The summed E-state index contributed by atoms with van der Waals surface area (Å²) in [7, 11) is 1.31. The van der Waals surface area contributed by atoms with Gasteiger partial charge in [-0.2, -0.15) is 0 Å². The Kier molecular flexibility index (Phi) is 4.64. The predicted molar refractivity (Wildman–Crippen MR) is 65.7 cm³/mol. The minimum atomic E-state index is -0.454. The Labute approximate surface area is 101 Å². The largest absolute Gasteiger partial charge is 0.466 e. The number of ketones is 1. The topological polar surface area (TPSA) is 43.4 Å². The lowest BCUT2D eigenvalue weighted by Gasteiger charge is -2.08. The normalized spacial score (nSPS) is 11.4. The number of carbonyl (C=O) groups excluding carboxylic acids is 2. The van der Waals surface area contributed by atoms with Crippen LogP contribution in [0.15, 0.2) is 42.0 Å². The van der Waals surface area contributed by atoms with Gasteiger partial charge in [0, 0.05) is 11.1 Å². The third kappa shape index (κ3) is 3.55. The molecular formula is C14H16O3. The van der Waals surface area contributed by atoms with Crippen molar-refractivity contribution >= 4 is 11.8 Å². The fraction of sp³-hybridized carbons (Fsp3) is 0.286. The van der Waals surface area contributed by atoms with Crippen molar-refractivity contribution in [1.29, 1.82) is 0 Å². The maximum Gasteiger partial charge on any atom is 0.334 e. The number of esters is 1. The molecule has 0 N–H and O–H groups in total. The second kappa shape index (κ2) is 5.99. The van der Waals surface area contributed by atoms with Gasteiger partial charge in [-0.1, -0.05) is 44.2 Å². The zero-order valence-electron chi connectivity index (χ0n) is 10.3. The summed E-state index contributed by atoms with van der Waals surface area (Å²) < 4.78 is 4.65. The van der Waals surface area contributed by atoms with Gasteiger partial charge in [0.25, 0.3) is 0 Å². The van der Waals surface area contributed by atoms with Gasteiger partial charge < -0.3 is 4.74 Å². The van der Waals surface area contributed by atoms with Crippen LogP contribution >= 0.6 is 0 Å². The molecule has 1 aromatic rings. The molecule has 0 fully saturated rings. The molecule has 1 rings (SSSR count). The first-order valence-electron chi connectivity index (χ1n) is 5.45. The van der Waals surface area contributed by atoms with Crippen LogP contribution in [0.4, 0.5) is 0 Å². The fourth-order valence-corrected chi connectivity index (χ4v) is 1.41. The van der Waals surface area contributed by atoms with E-state index in [1.165, 1.54) is 13.2 Å². The summed E-state index contributed by atoms with van der Waals surface area (Å²) in [6.07, 6.45) is 1.35. The number of hydrogen-bond acceptors (Lipinski definition) is 3. The van der Waals surface area contributed by atoms with E-state index in [-0.39, 0.29) is 11.7 Å². The molecule has 90 valence electrons. The van der Waals surface area contributed by atoms with Crippen molar-refractivity contribution < 1.29 is 14.3 Å². The second-order valence-electron chi connectivity index (χ2n) is 3.98. The van der Waals surface area contributed by atoms with E-state index in [9.17, 15) is 9.59 Å². The zero-order chi connectivity index (χ0) is 12.8. The van der Waals surface area contributed by atoms with E-state index in [2.05, 4.69) is 4.74 Å². The lowest BCUT2D eigenvalue weighted by atomic mass is 10.00. The van der Waals surface area contributed by atoms with Crippen LogP contribution in [-0.4, -0.2) is 18.9 Å². The van der Waals surface area contributed by atoms with Crippen molar-refractivity contribution in [2.45, 2.75) is 13.8 Å². The van der Waals surface area contributed by atoms with Crippen molar-refractivity contribution in [3.05, 3.63) is 47.5 Å². The Morgan fingerprint density at radius 1 is 1.18 bits per heavy atom. The number of allylic oxidation sites excluding steroid dienone is 1. The molecule has 0 saturated carbocycles. The minimum absolute atomic E-state index is 0.0462. The third-order valence-corrected chi connectivity index (χ3v) is 2.39. The highest BCUT2D eigenvalue weighted by Gasteiger charge is 2.15. The Morgan fingerprint density at radius 3 is 2.24 bits per heavy atom. The molecule has 0 aliphatic carbocycles. The summed E-state index contributed by atoms with van der Waals surface area (Å²) in [5.41, 5.74) is 0.955. The lowest BCUT2D eigenvalue weighted by molar-refractivity contribution is -0.136. The van der Waals surface area contributed by atoms with E-state index in [1.807, 2.05) is 19.9 Å². The molecule has 17 heavy (non-hydrogen) atoms. The highest BCUT2D eigenvalue weighted by atomic mass is 16.5. The first-order chi connectivity index (χ1) is 8.06. The monoisotopic (exact) mass is 232 g/mol. The van der Waals surface area contributed by atoms with Gasteiger partial charge in [0.15, 0.2) is 5.78 Å². The molecule has 0 amide bonds. The predicted octanol–water partition coefficient (Wildman–Crippen LogP) is 2.62. The van der Waals surface area contributed by atoms with E-state index >= 15 is 0 Å². The SMILES string of the molecule is COC(=O)C(=CC(=O)c1ccccc1)C(C)C. The van der Waals surface area contributed by atoms with Gasteiger partial charge in [-0.25, -0.2) is 4.79 Å². The Hall–Kier alpha value is -1.90. The smallest absolute Gasteiger partial charge is 0.334 e. The number of rotatable bonds is 4. The van der Waals surface area contributed by atoms with Crippen molar-refractivity contribution in [2.24, 2.45) is 5.92 Å². The lowest BCUT2D eigenvalue weighted by Crippen LogP contribution is -2.12. The molecule has 0 aliphatic rings. The zero-order valence-corrected chi connectivity index (χ0v) is 10.3. The molecule has 0 aromatic heterocycles. The molecule has 0 bridgehead atoms. The molecule has 0 radical (unpaired) electrons. The molecule has 3 nitrogen and oxygen atoms in total. The molecule has 0 aliphatic heterocycles. The van der Waals surface area contributed by atoms with Gasteiger partial charge >= 0.3 is 5.97 Å². The van der Waals surface area contributed by atoms with Crippen LogP contribution in [0.1, 0.15) is 24.2 Å². The van der Waals surface area contributed by atoms with E-state index in [0.29, 0.717) is 11.1 Å². The Bertz CT molecular complexity index is 430. The fourth-order valence-electron chi connectivity index (χ4n) is 1.41. The van der Waals surface area contributed by atoms with Gasteiger partial charge in [-0.3, -0.25) is 4.79 Å².